The highest BCUT2D eigenvalue weighted by atomic mass is 16.6. The summed E-state index contributed by atoms with van der Waals surface area (Å²) in [5.74, 6) is 0.193. The number of hydrogen-bond donors (Lipinski definition) is 0. The largest absolute Gasteiger partial charge is 0.444 e. The van der Waals surface area contributed by atoms with Crippen LogP contribution in [-0.4, -0.2) is 52.1 Å². The molecule has 136 valence electrons. The van der Waals surface area contributed by atoms with Crippen molar-refractivity contribution < 1.29 is 14.3 Å². The standard InChI is InChI=1S/C19H27N3O3/c1-19(2,3)25-18(24)22-15-9-5-4-7-13(15)11-16(22)17(23)21-10-6-8-14(21)12-20/h4-5,13-16H,6-11H2,1-3H3/t13-,14-,15+,16-/m0/s1. The first-order valence-corrected chi connectivity index (χ1v) is 9.18. The number of carbonyl (C=O) groups is 2. The van der Waals surface area contributed by atoms with Gasteiger partial charge in [-0.25, -0.2) is 4.79 Å². The Hall–Kier alpha value is -2.03. The molecular formula is C19H27N3O3. The molecule has 6 heteroatoms. The second-order valence-electron chi connectivity index (χ2n) is 8.23. The highest BCUT2D eigenvalue weighted by molar-refractivity contribution is 5.87. The summed E-state index contributed by atoms with van der Waals surface area (Å²) in [7, 11) is 0. The average molecular weight is 345 g/mol. The van der Waals surface area contributed by atoms with E-state index in [4.69, 9.17) is 4.74 Å². The molecule has 0 aromatic carbocycles. The second-order valence-corrected chi connectivity index (χ2v) is 8.23. The minimum Gasteiger partial charge on any atom is -0.444 e. The third-order valence-corrected chi connectivity index (χ3v) is 5.32. The zero-order chi connectivity index (χ0) is 18.2. The summed E-state index contributed by atoms with van der Waals surface area (Å²) in [5.41, 5.74) is -0.601. The maximum Gasteiger partial charge on any atom is 0.411 e. The highest BCUT2D eigenvalue weighted by Crippen LogP contribution is 2.39. The van der Waals surface area contributed by atoms with Gasteiger partial charge in [0.2, 0.25) is 5.91 Å². The molecule has 0 aromatic rings. The van der Waals surface area contributed by atoms with Gasteiger partial charge < -0.3 is 9.64 Å². The van der Waals surface area contributed by atoms with E-state index in [0.717, 1.165) is 25.7 Å². The fourth-order valence-corrected chi connectivity index (χ4v) is 4.23. The van der Waals surface area contributed by atoms with Gasteiger partial charge in [0.25, 0.3) is 0 Å². The van der Waals surface area contributed by atoms with Gasteiger partial charge in [0, 0.05) is 12.6 Å². The lowest BCUT2D eigenvalue weighted by atomic mass is 9.89. The summed E-state index contributed by atoms with van der Waals surface area (Å²) in [6, 6.07) is 1.35. The van der Waals surface area contributed by atoms with Crippen LogP contribution in [0.3, 0.4) is 0 Å². The molecule has 0 radical (unpaired) electrons. The molecule has 6 nitrogen and oxygen atoms in total. The molecule has 1 aliphatic carbocycles. The number of ether oxygens (including phenoxy) is 1. The Kier molecular flexibility index (Phi) is 4.77. The number of rotatable bonds is 1. The highest BCUT2D eigenvalue weighted by Gasteiger charge is 2.50. The summed E-state index contributed by atoms with van der Waals surface area (Å²) in [4.78, 5) is 29.3. The predicted molar refractivity (Wildman–Crippen MR) is 92.5 cm³/mol. The van der Waals surface area contributed by atoms with Gasteiger partial charge in [0.05, 0.1) is 6.07 Å². The molecule has 2 aliphatic heterocycles. The van der Waals surface area contributed by atoms with Crippen LogP contribution in [0.5, 0.6) is 0 Å². The molecule has 0 saturated carbocycles. The van der Waals surface area contributed by atoms with Crippen LogP contribution < -0.4 is 0 Å². The number of nitriles is 1. The summed E-state index contributed by atoms with van der Waals surface area (Å²) in [5, 5.41) is 9.30. The molecule has 2 saturated heterocycles. The van der Waals surface area contributed by atoms with Gasteiger partial charge in [-0.15, -0.1) is 0 Å². The van der Waals surface area contributed by atoms with Crippen molar-refractivity contribution in [3.05, 3.63) is 12.2 Å². The average Bonchev–Trinajstić information content (AvgIpc) is 3.16. The van der Waals surface area contributed by atoms with Crippen molar-refractivity contribution in [2.45, 2.75) is 76.6 Å². The maximum atomic E-state index is 13.1. The molecule has 4 atom stereocenters. The molecule has 0 unspecified atom stereocenters. The van der Waals surface area contributed by atoms with Crippen molar-refractivity contribution in [2.75, 3.05) is 6.54 Å². The third-order valence-electron chi connectivity index (χ3n) is 5.32. The topological polar surface area (TPSA) is 73.6 Å². The monoisotopic (exact) mass is 345 g/mol. The van der Waals surface area contributed by atoms with E-state index in [1.807, 2.05) is 20.8 Å². The van der Waals surface area contributed by atoms with Crippen LogP contribution >= 0.6 is 0 Å². The smallest absolute Gasteiger partial charge is 0.411 e. The summed E-state index contributed by atoms with van der Waals surface area (Å²) >= 11 is 0. The normalized spacial score (nSPS) is 31.6. The van der Waals surface area contributed by atoms with Gasteiger partial charge >= 0.3 is 6.09 Å². The van der Waals surface area contributed by atoms with E-state index in [-0.39, 0.29) is 23.9 Å². The lowest BCUT2D eigenvalue weighted by molar-refractivity contribution is -0.136. The van der Waals surface area contributed by atoms with Crippen molar-refractivity contribution in [3.63, 3.8) is 0 Å². The lowest BCUT2D eigenvalue weighted by Gasteiger charge is -2.35. The Bertz CT molecular complexity index is 616. The minimum absolute atomic E-state index is 0.0111. The molecular weight excluding hydrogens is 318 g/mol. The SMILES string of the molecule is CC(C)(C)OC(=O)N1[C@@H]2CC=CC[C@H]2C[C@H]1C(=O)N1CCC[C@H]1C#N. The van der Waals surface area contributed by atoms with Crippen molar-refractivity contribution in [3.8, 4) is 6.07 Å². The number of likely N-dealkylation sites (tertiary alicyclic amines) is 2. The van der Waals surface area contributed by atoms with Crippen molar-refractivity contribution in [1.82, 2.24) is 9.80 Å². The molecule has 25 heavy (non-hydrogen) atoms. The van der Waals surface area contributed by atoms with E-state index in [2.05, 4.69) is 18.2 Å². The molecule has 3 aliphatic rings. The number of hydrogen-bond acceptors (Lipinski definition) is 4. The molecule has 2 amide bonds. The van der Waals surface area contributed by atoms with Gasteiger partial charge in [0.15, 0.2) is 0 Å². The minimum atomic E-state index is -0.601. The first-order chi connectivity index (χ1) is 11.8. The van der Waals surface area contributed by atoms with Crippen molar-refractivity contribution in [1.29, 1.82) is 5.26 Å². The zero-order valence-corrected chi connectivity index (χ0v) is 15.3. The van der Waals surface area contributed by atoms with Gasteiger partial charge in [-0.3, -0.25) is 9.69 Å². The van der Waals surface area contributed by atoms with E-state index in [9.17, 15) is 14.9 Å². The molecule has 2 fully saturated rings. The predicted octanol–water partition coefficient (Wildman–Crippen LogP) is 2.85. The van der Waals surface area contributed by atoms with Gasteiger partial charge in [-0.05, 0) is 58.8 Å². The Balaban J connectivity index is 1.84. The first kappa shape index (κ1) is 17.8. The quantitative estimate of drug-likeness (QED) is 0.685. The van der Waals surface area contributed by atoms with E-state index in [1.165, 1.54) is 0 Å². The summed E-state index contributed by atoms with van der Waals surface area (Å²) in [6.45, 7) is 6.11. The second kappa shape index (κ2) is 6.70. The molecule has 2 heterocycles. The van der Waals surface area contributed by atoms with Gasteiger partial charge in [-0.2, -0.15) is 5.26 Å². The lowest BCUT2D eigenvalue weighted by Crippen LogP contribution is -2.52. The van der Waals surface area contributed by atoms with Crippen LogP contribution in [0.4, 0.5) is 4.79 Å². The fourth-order valence-electron chi connectivity index (χ4n) is 4.23. The van der Waals surface area contributed by atoms with Crippen molar-refractivity contribution >= 4 is 12.0 Å². The van der Waals surface area contributed by atoms with Crippen LogP contribution in [0, 0.1) is 17.2 Å². The molecule has 0 bridgehead atoms. The van der Waals surface area contributed by atoms with Crippen LogP contribution in [0.25, 0.3) is 0 Å². The number of allylic oxidation sites excluding steroid dienone is 1. The van der Waals surface area contributed by atoms with E-state index >= 15 is 0 Å². The third kappa shape index (κ3) is 3.51. The van der Waals surface area contributed by atoms with Gasteiger partial charge in [0.1, 0.15) is 17.7 Å². The molecule has 0 aromatic heterocycles. The number of carbonyl (C=O) groups excluding carboxylic acids is 2. The Labute approximate surface area is 149 Å². The molecule has 0 N–H and O–H groups in total. The number of amides is 2. The summed E-state index contributed by atoms with van der Waals surface area (Å²) < 4.78 is 5.59. The first-order valence-electron chi connectivity index (χ1n) is 9.18. The Morgan fingerprint density at radius 2 is 1.96 bits per heavy atom. The van der Waals surface area contributed by atoms with Crippen LogP contribution in [0.2, 0.25) is 0 Å². The number of fused-ring (bicyclic) bond motifs is 1. The van der Waals surface area contributed by atoms with Crippen LogP contribution in [0.1, 0.15) is 52.9 Å². The number of nitrogens with zero attached hydrogens (tertiary/aromatic N) is 3. The van der Waals surface area contributed by atoms with Crippen LogP contribution in [-0.2, 0) is 9.53 Å². The summed E-state index contributed by atoms with van der Waals surface area (Å²) in [6.07, 6.45) is 7.66. The van der Waals surface area contributed by atoms with Crippen LogP contribution in [0.15, 0.2) is 12.2 Å². The molecule has 3 rings (SSSR count). The van der Waals surface area contributed by atoms with E-state index < -0.39 is 17.7 Å². The fraction of sp³-hybridized carbons (Fsp3) is 0.737. The maximum absolute atomic E-state index is 13.1. The zero-order valence-electron chi connectivity index (χ0n) is 15.3. The Morgan fingerprint density at radius 1 is 1.24 bits per heavy atom. The van der Waals surface area contributed by atoms with E-state index in [1.54, 1.807) is 9.80 Å². The molecule has 0 spiro atoms. The Morgan fingerprint density at radius 3 is 2.64 bits per heavy atom. The van der Waals surface area contributed by atoms with Crippen molar-refractivity contribution in [2.24, 2.45) is 5.92 Å². The van der Waals surface area contributed by atoms with Gasteiger partial charge in [-0.1, -0.05) is 12.2 Å². The van der Waals surface area contributed by atoms with E-state index in [0.29, 0.717) is 13.0 Å².